The lowest BCUT2D eigenvalue weighted by Gasteiger charge is -2.28. The highest BCUT2D eigenvalue weighted by molar-refractivity contribution is 7.91. The van der Waals surface area contributed by atoms with Gasteiger partial charge in [-0.05, 0) is 44.2 Å². The standard InChI is InChI=1S/C32H36N4O7S/c1-4-19-16-32(19,30(39)35-44(41,42)21-13-14-21)33-29(38)26-15-20(18-36(26)27(37)17-31(2,3)40)43-34-28-24-11-7-5-9-22(24)23-10-6-8-12-25(23)28/h4-12,19-21,26,40H,1,13-18H2,2-3H3,(H,33,38)(H,35,39)/t19-,20?,26?,32-/m1/s1. The topological polar surface area (TPSA) is 154 Å². The Bertz CT molecular complexity index is 1630. The Labute approximate surface area is 256 Å². The molecule has 12 heteroatoms. The van der Waals surface area contributed by atoms with Crippen LogP contribution >= 0.6 is 0 Å². The zero-order valence-corrected chi connectivity index (χ0v) is 25.5. The minimum Gasteiger partial charge on any atom is -0.390 e. The minimum absolute atomic E-state index is 0.0349. The second kappa shape index (κ2) is 10.8. The van der Waals surface area contributed by atoms with Gasteiger partial charge in [-0.1, -0.05) is 59.8 Å². The summed E-state index contributed by atoms with van der Waals surface area (Å²) < 4.78 is 27.1. The van der Waals surface area contributed by atoms with Crippen LogP contribution in [0, 0.1) is 5.92 Å². The SMILES string of the molecule is C=C[C@@H]1C[C@]1(NC(=O)C1CC(ON=C2c3ccccc3-c3ccccc32)CN1C(=O)CC(C)(C)O)C(=O)NS(=O)(=O)C1CC1. The van der Waals surface area contributed by atoms with Crippen LogP contribution in [0.2, 0.25) is 0 Å². The van der Waals surface area contributed by atoms with Crippen LogP contribution in [0.25, 0.3) is 11.1 Å². The Kier molecular flexibility index (Phi) is 7.40. The van der Waals surface area contributed by atoms with Crippen molar-refractivity contribution in [1.29, 1.82) is 0 Å². The van der Waals surface area contributed by atoms with Crippen molar-refractivity contribution in [1.82, 2.24) is 14.9 Å². The Balaban J connectivity index is 1.23. The van der Waals surface area contributed by atoms with Crippen LogP contribution in [0.1, 0.15) is 57.1 Å². The summed E-state index contributed by atoms with van der Waals surface area (Å²) in [5, 5.41) is 17.0. The molecule has 11 nitrogen and oxygen atoms in total. The molecule has 0 radical (unpaired) electrons. The molecule has 0 aromatic heterocycles. The average Bonchev–Trinajstić information content (AvgIpc) is 3.87. The number of carbonyl (C=O) groups excluding carboxylic acids is 3. The lowest BCUT2D eigenvalue weighted by Crippen LogP contribution is -2.56. The number of oxime groups is 1. The van der Waals surface area contributed by atoms with Crippen molar-refractivity contribution in [3.8, 4) is 11.1 Å². The summed E-state index contributed by atoms with van der Waals surface area (Å²) >= 11 is 0. The number of benzene rings is 2. The number of sulfonamides is 1. The van der Waals surface area contributed by atoms with Gasteiger partial charge in [-0.3, -0.25) is 19.1 Å². The number of aliphatic hydroxyl groups is 1. The van der Waals surface area contributed by atoms with E-state index in [-0.39, 0.29) is 25.8 Å². The van der Waals surface area contributed by atoms with Crippen molar-refractivity contribution in [2.24, 2.45) is 11.1 Å². The maximum atomic E-state index is 13.8. The maximum Gasteiger partial charge on any atom is 0.259 e. The third kappa shape index (κ3) is 5.63. The number of nitrogens with zero attached hydrogens (tertiary/aromatic N) is 2. The molecule has 3 fully saturated rings. The van der Waals surface area contributed by atoms with Gasteiger partial charge in [0.15, 0.2) is 0 Å². The molecule has 1 aliphatic heterocycles. The van der Waals surface area contributed by atoms with Gasteiger partial charge in [-0.25, -0.2) is 8.42 Å². The van der Waals surface area contributed by atoms with E-state index in [1.165, 1.54) is 24.8 Å². The summed E-state index contributed by atoms with van der Waals surface area (Å²) in [5.41, 5.74) is 1.73. The first kappa shape index (κ1) is 30.0. The van der Waals surface area contributed by atoms with Gasteiger partial charge in [0.1, 0.15) is 23.4 Å². The van der Waals surface area contributed by atoms with Crippen LogP contribution in [0.4, 0.5) is 0 Å². The molecule has 232 valence electrons. The van der Waals surface area contributed by atoms with Gasteiger partial charge in [0.25, 0.3) is 5.91 Å². The summed E-state index contributed by atoms with van der Waals surface area (Å²) in [5.74, 6) is -2.36. The lowest BCUT2D eigenvalue weighted by atomic mass is 10.0. The van der Waals surface area contributed by atoms with Crippen molar-refractivity contribution < 1.29 is 32.7 Å². The van der Waals surface area contributed by atoms with E-state index in [4.69, 9.17) is 4.84 Å². The highest BCUT2D eigenvalue weighted by atomic mass is 32.2. The van der Waals surface area contributed by atoms with Crippen LogP contribution in [0.5, 0.6) is 0 Å². The van der Waals surface area contributed by atoms with E-state index >= 15 is 0 Å². The Morgan fingerprint density at radius 3 is 2.20 bits per heavy atom. The van der Waals surface area contributed by atoms with Crippen LogP contribution in [0.3, 0.4) is 0 Å². The van der Waals surface area contributed by atoms with Crippen LogP contribution < -0.4 is 10.0 Å². The van der Waals surface area contributed by atoms with Gasteiger partial charge in [0.05, 0.1) is 23.8 Å². The molecule has 4 atom stereocenters. The molecule has 6 rings (SSSR count). The molecule has 44 heavy (non-hydrogen) atoms. The van der Waals surface area contributed by atoms with E-state index in [1.807, 2.05) is 48.5 Å². The molecular weight excluding hydrogens is 584 g/mol. The fourth-order valence-electron chi connectivity index (χ4n) is 6.11. The quantitative estimate of drug-likeness (QED) is 0.232. The predicted octanol–water partition coefficient (Wildman–Crippen LogP) is 2.24. The fraction of sp³-hybridized carbons (Fsp3) is 0.438. The molecule has 0 spiro atoms. The molecule has 3 aliphatic carbocycles. The monoisotopic (exact) mass is 620 g/mol. The Morgan fingerprint density at radius 1 is 1.09 bits per heavy atom. The predicted molar refractivity (Wildman–Crippen MR) is 163 cm³/mol. The van der Waals surface area contributed by atoms with Gasteiger partial charge in [0.2, 0.25) is 21.8 Å². The molecule has 1 heterocycles. The molecule has 2 unspecified atom stereocenters. The highest BCUT2D eigenvalue weighted by Crippen LogP contribution is 2.45. The smallest absolute Gasteiger partial charge is 0.259 e. The minimum atomic E-state index is -3.84. The maximum absolute atomic E-state index is 13.8. The summed E-state index contributed by atoms with van der Waals surface area (Å²) in [6.07, 6.45) is 1.85. The fourth-order valence-corrected chi connectivity index (χ4v) is 7.47. The van der Waals surface area contributed by atoms with Crippen molar-refractivity contribution in [2.75, 3.05) is 6.54 Å². The number of carbonyl (C=O) groups is 3. The first-order valence-corrected chi connectivity index (χ1v) is 16.3. The number of rotatable bonds is 10. The molecule has 2 saturated carbocycles. The highest BCUT2D eigenvalue weighted by Gasteiger charge is 2.62. The van der Waals surface area contributed by atoms with Crippen LogP contribution in [0.15, 0.2) is 66.3 Å². The number of hydrogen-bond acceptors (Lipinski definition) is 8. The third-order valence-electron chi connectivity index (χ3n) is 8.67. The number of nitrogens with one attached hydrogen (secondary N) is 2. The summed E-state index contributed by atoms with van der Waals surface area (Å²) in [7, 11) is -3.84. The van der Waals surface area contributed by atoms with Crippen molar-refractivity contribution in [3.05, 3.63) is 72.3 Å². The van der Waals surface area contributed by atoms with Crippen molar-refractivity contribution in [2.45, 2.75) is 74.5 Å². The molecule has 0 bridgehead atoms. The van der Waals surface area contributed by atoms with Gasteiger partial charge in [0, 0.05) is 23.5 Å². The molecule has 1 saturated heterocycles. The first-order chi connectivity index (χ1) is 20.8. The van der Waals surface area contributed by atoms with Crippen molar-refractivity contribution >= 4 is 33.5 Å². The normalized spacial score (nSPS) is 25.5. The van der Waals surface area contributed by atoms with E-state index in [2.05, 4.69) is 21.8 Å². The third-order valence-corrected chi connectivity index (χ3v) is 10.5. The second-order valence-corrected chi connectivity index (χ2v) is 14.7. The second-order valence-electron chi connectivity index (χ2n) is 12.7. The van der Waals surface area contributed by atoms with Crippen LogP contribution in [-0.2, 0) is 29.2 Å². The summed E-state index contributed by atoms with van der Waals surface area (Å²) in [6, 6.07) is 14.7. The number of hydrogen-bond donors (Lipinski definition) is 3. The van der Waals surface area contributed by atoms with E-state index in [0.29, 0.717) is 18.6 Å². The largest absolute Gasteiger partial charge is 0.390 e. The molecule has 3 amide bonds. The van der Waals surface area contributed by atoms with Gasteiger partial charge >= 0.3 is 0 Å². The molecule has 2 aromatic carbocycles. The number of amides is 3. The van der Waals surface area contributed by atoms with E-state index < -0.39 is 62.2 Å². The molecule has 2 aromatic rings. The average molecular weight is 621 g/mol. The zero-order valence-electron chi connectivity index (χ0n) is 24.7. The Morgan fingerprint density at radius 2 is 1.68 bits per heavy atom. The van der Waals surface area contributed by atoms with Gasteiger partial charge in [-0.15, -0.1) is 6.58 Å². The summed E-state index contributed by atoms with van der Waals surface area (Å²) in [6.45, 7) is 6.77. The van der Waals surface area contributed by atoms with Crippen molar-refractivity contribution in [3.63, 3.8) is 0 Å². The molecule has 4 aliphatic rings. The Hall–Kier alpha value is -4.03. The van der Waals surface area contributed by atoms with E-state index in [9.17, 15) is 27.9 Å². The number of likely N-dealkylation sites (tertiary alicyclic amines) is 1. The summed E-state index contributed by atoms with van der Waals surface area (Å²) in [4.78, 5) is 47.7. The van der Waals surface area contributed by atoms with Gasteiger partial charge < -0.3 is 20.2 Å². The van der Waals surface area contributed by atoms with Crippen LogP contribution in [-0.4, -0.2) is 76.9 Å². The molecule has 3 N–H and O–H groups in total. The van der Waals surface area contributed by atoms with Gasteiger partial charge in [-0.2, -0.15) is 0 Å². The first-order valence-electron chi connectivity index (χ1n) is 14.8. The van der Waals surface area contributed by atoms with E-state index in [1.54, 1.807) is 0 Å². The zero-order chi connectivity index (χ0) is 31.4. The number of fused-ring (bicyclic) bond motifs is 3. The molecular formula is C32H36N4O7S. The lowest BCUT2D eigenvalue weighted by molar-refractivity contribution is -0.142. The van der Waals surface area contributed by atoms with E-state index in [0.717, 1.165) is 22.3 Å².